The third-order valence-electron chi connectivity index (χ3n) is 3.10. The molecule has 18 heavy (non-hydrogen) atoms. The fraction of sp³-hybridized carbons (Fsp3) is 0.583. The molecule has 1 atom stereocenters. The first-order valence-electron chi connectivity index (χ1n) is 6.19. The molecule has 0 saturated heterocycles. The van der Waals surface area contributed by atoms with E-state index in [1.807, 2.05) is 32.0 Å². The molecule has 0 aliphatic heterocycles. The third kappa shape index (κ3) is 2.59. The summed E-state index contributed by atoms with van der Waals surface area (Å²) in [6, 6.07) is 2.36. The molecule has 0 aliphatic rings. The van der Waals surface area contributed by atoms with E-state index in [0.29, 0.717) is 0 Å². The summed E-state index contributed by atoms with van der Waals surface area (Å²) in [6.07, 6.45) is 3.71. The molecule has 2 rings (SSSR count). The molecule has 0 aliphatic carbocycles. The summed E-state index contributed by atoms with van der Waals surface area (Å²) < 4.78 is 3.67. The van der Waals surface area contributed by atoms with E-state index in [4.69, 9.17) is 0 Å². The van der Waals surface area contributed by atoms with Crippen molar-refractivity contribution >= 4 is 0 Å². The van der Waals surface area contributed by atoms with E-state index in [1.165, 1.54) is 5.69 Å². The molecule has 0 radical (unpaired) electrons. The number of nitrogens with one attached hydrogen (secondary N) is 1. The average Bonchev–Trinajstić information content (AvgIpc) is 2.92. The Hall–Kier alpha value is -1.69. The van der Waals surface area contributed by atoms with Crippen molar-refractivity contribution in [1.82, 2.24) is 30.1 Å². The van der Waals surface area contributed by atoms with Crippen molar-refractivity contribution < 1.29 is 0 Å². The largest absolute Gasteiger partial charge is 0.311 e. The molecular weight excluding hydrogens is 228 g/mol. The lowest BCUT2D eigenvalue weighted by Crippen LogP contribution is -2.21. The summed E-state index contributed by atoms with van der Waals surface area (Å²) in [7, 11) is 5.82. The predicted octanol–water partition coefficient (Wildman–Crippen LogP) is 0.614. The summed E-state index contributed by atoms with van der Waals surface area (Å²) in [5, 5.41) is 15.9. The fourth-order valence-electron chi connectivity index (χ4n) is 2.09. The highest BCUT2D eigenvalue weighted by Crippen LogP contribution is 2.17. The van der Waals surface area contributed by atoms with Crippen molar-refractivity contribution in [3.8, 4) is 0 Å². The minimum absolute atomic E-state index is 0.208. The number of hydrogen-bond acceptors (Lipinski definition) is 4. The van der Waals surface area contributed by atoms with E-state index in [1.54, 1.807) is 4.68 Å². The fourth-order valence-corrected chi connectivity index (χ4v) is 2.09. The molecule has 2 aromatic rings. The van der Waals surface area contributed by atoms with Gasteiger partial charge in [0.2, 0.25) is 0 Å². The highest BCUT2D eigenvalue weighted by Gasteiger charge is 2.16. The standard InChI is InChI=1S/C12H20N6/c1-5-9-7-12(18(4)15-9)11(13-2)6-10-8-17(3)16-14-10/h7-8,11,13H,5-6H2,1-4H3. The van der Waals surface area contributed by atoms with Gasteiger partial charge in [-0.25, -0.2) is 0 Å². The van der Waals surface area contributed by atoms with Gasteiger partial charge >= 0.3 is 0 Å². The van der Waals surface area contributed by atoms with Gasteiger partial charge in [0, 0.05) is 26.7 Å². The summed E-state index contributed by atoms with van der Waals surface area (Å²) in [4.78, 5) is 0. The van der Waals surface area contributed by atoms with Crippen LogP contribution in [0.1, 0.15) is 30.0 Å². The molecule has 1 N–H and O–H groups in total. The van der Waals surface area contributed by atoms with Crippen LogP contribution in [0.5, 0.6) is 0 Å². The van der Waals surface area contributed by atoms with Crippen LogP contribution in [-0.2, 0) is 26.9 Å². The zero-order chi connectivity index (χ0) is 13.1. The monoisotopic (exact) mass is 248 g/mol. The van der Waals surface area contributed by atoms with E-state index < -0.39 is 0 Å². The van der Waals surface area contributed by atoms with Crippen LogP contribution in [0.25, 0.3) is 0 Å². The molecule has 1 unspecified atom stereocenters. The summed E-state index contributed by atoms with van der Waals surface area (Å²) in [5.41, 5.74) is 3.28. The molecule has 6 nitrogen and oxygen atoms in total. The van der Waals surface area contributed by atoms with Crippen LogP contribution >= 0.6 is 0 Å². The second-order valence-corrected chi connectivity index (χ2v) is 4.47. The molecule has 6 heteroatoms. The van der Waals surface area contributed by atoms with Gasteiger partial charge in [0.15, 0.2) is 0 Å². The van der Waals surface area contributed by atoms with E-state index in [9.17, 15) is 0 Å². The quantitative estimate of drug-likeness (QED) is 0.842. The third-order valence-corrected chi connectivity index (χ3v) is 3.10. The molecule has 0 aromatic carbocycles. The van der Waals surface area contributed by atoms with Gasteiger partial charge in [0.1, 0.15) is 0 Å². The molecule has 0 bridgehead atoms. The van der Waals surface area contributed by atoms with Crippen molar-refractivity contribution in [2.24, 2.45) is 14.1 Å². The summed E-state index contributed by atoms with van der Waals surface area (Å²) in [5.74, 6) is 0. The molecule has 0 saturated carbocycles. The first-order valence-corrected chi connectivity index (χ1v) is 6.19. The Labute approximate surface area is 107 Å². The highest BCUT2D eigenvalue weighted by atomic mass is 15.4. The van der Waals surface area contributed by atoms with Gasteiger partial charge < -0.3 is 5.32 Å². The number of likely N-dealkylation sites (N-methyl/N-ethyl adjacent to an activating group) is 1. The van der Waals surface area contributed by atoms with E-state index in [2.05, 4.69) is 33.7 Å². The zero-order valence-corrected chi connectivity index (χ0v) is 11.4. The molecule has 2 aromatic heterocycles. The maximum Gasteiger partial charge on any atom is 0.0846 e. The number of hydrogen-bond donors (Lipinski definition) is 1. The van der Waals surface area contributed by atoms with E-state index in [-0.39, 0.29) is 6.04 Å². The Morgan fingerprint density at radius 3 is 2.61 bits per heavy atom. The Morgan fingerprint density at radius 1 is 1.33 bits per heavy atom. The first-order chi connectivity index (χ1) is 8.63. The molecule has 0 fully saturated rings. The van der Waals surface area contributed by atoms with E-state index >= 15 is 0 Å². The first kappa shape index (κ1) is 12.8. The zero-order valence-electron chi connectivity index (χ0n) is 11.4. The van der Waals surface area contributed by atoms with Crippen LogP contribution in [0.4, 0.5) is 0 Å². The van der Waals surface area contributed by atoms with Crippen LogP contribution in [0.15, 0.2) is 12.3 Å². The van der Waals surface area contributed by atoms with Gasteiger partial charge in [0.25, 0.3) is 0 Å². The van der Waals surface area contributed by atoms with Gasteiger partial charge in [-0.15, -0.1) is 5.10 Å². The maximum absolute atomic E-state index is 4.48. The molecule has 98 valence electrons. The SMILES string of the molecule is CCc1cc(C(Cc2cn(C)nn2)NC)n(C)n1. The van der Waals surface area contributed by atoms with Crippen LogP contribution < -0.4 is 5.32 Å². The van der Waals surface area contributed by atoms with Crippen molar-refractivity contribution in [3.05, 3.63) is 29.3 Å². The number of nitrogens with zero attached hydrogens (tertiary/aromatic N) is 5. The molecule has 0 spiro atoms. The van der Waals surface area contributed by atoms with E-state index in [0.717, 1.165) is 24.2 Å². The smallest absolute Gasteiger partial charge is 0.0846 e. The predicted molar refractivity (Wildman–Crippen MR) is 69.1 cm³/mol. The van der Waals surface area contributed by atoms with Crippen molar-refractivity contribution in [1.29, 1.82) is 0 Å². The normalized spacial score (nSPS) is 12.9. The molecule has 2 heterocycles. The van der Waals surface area contributed by atoms with Crippen molar-refractivity contribution in [2.45, 2.75) is 25.8 Å². The molecular formula is C12H20N6. The second kappa shape index (κ2) is 5.30. The highest BCUT2D eigenvalue weighted by molar-refractivity contribution is 5.16. The van der Waals surface area contributed by atoms with Crippen LogP contribution in [-0.4, -0.2) is 31.8 Å². The van der Waals surface area contributed by atoms with Crippen LogP contribution in [0.2, 0.25) is 0 Å². The van der Waals surface area contributed by atoms with Gasteiger partial charge in [-0.05, 0) is 19.5 Å². The number of rotatable bonds is 5. The minimum atomic E-state index is 0.208. The van der Waals surface area contributed by atoms with Crippen LogP contribution in [0, 0.1) is 0 Å². The lowest BCUT2D eigenvalue weighted by Gasteiger charge is -2.14. The van der Waals surface area contributed by atoms with Gasteiger partial charge in [0.05, 0.1) is 23.1 Å². The Morgan fingerprint density at radius 2 is 2.11 bits per heavy atom. The second-order valence-electron chi connectivity index (χ2n) is 4.47. The van der Waals surface area contributed by atoms with Gasteiger partial charge in [-0.2, -0.15) is 5.10 Å². The Bertz CT molecular complexity index is 512. The lowest BCUT2D eigenvalue weighted by molar-refractivity contribution is 0.531. The lowest BCUT2D eigenvalue weighted by atomic mass is 10.1. The maximum atomic E-state index is 4.48. The van der Waals surface area contributed by atoms with Crippen molar-refractivity contribution in [2.75, 3.05) is 7.05 Å². The topological polar surface area (TPSA) is 60.6 Å². The number of aromatic nitrogens is 5. The van der Waals surface area contributed by atoms with Crippen LogP contribution in [0.3, 0.4) is 0 Å². The number of aryl methyl sites for hydroxylation is 3. The summed E-state index contributed by atoms with van der Waals surface area (Å²) in [6.45, 7) is 2.11. The Balaban J connectivity index is 2.19. The minimum Gasteiger partial charge on any atom is -0.311 e. The molecule has 0 amide bonds. The summed E-state index contributed by atoms with van der Waals surface area (Å²) >= 11 is 0. The van der Waals surface area contributed by atoms with Gasteiger partial charge in [-0.3, -0.25) is 9.36 Å². The average molecular weight is 248 g/mol. The Kier molecular flexibility index (Phi) is 3.76. The van der Waals surface area contributed by atoms with Gasteiger partial charge in [-0.1, -0.05) is 12.1 Å². The van der Waals surface area contributed by atoms with Crippen molar-refractivity contribution in [3.63, 3.8) is 0 Å².